The van der Waals surface area contributed by atoms with E-state index in [1.807, 2.05) is 6.07 Å². The first-order chi connectivity index (χ1) is 6.77. The van der Waals surface area contributed by atoms with Gasteiger partial charge in [-0.25, -0.2) is 0 Å². The lowest BCUT2D eigenvalue weighted by Crippen LogP contribution is -2.05. The van der Waals surface area contributed by atoms with Crippen molar-refractivity contribution in [3.05, 3.63) is 23.8 Å². The molecule has 0 saturated heterocycles. The summed E-state index contributed by atoms with van der Waals surface area (Å²) in [6, 6.07) is 7.43. The standard InChI is InChI=1S/C10H13N3S/c1-14-5-4-13-10-3-2-9(12)6-8(10)7-11/h2-3,6,13H,4-5,12H2,1H3. The molecule has 0 bridgehead atoms. The Balaban J connectivity index is 2.72. The molecule has 0 aromatic heterocycles. The van der Waals surface area contributed by atoms with Gasteiger partial charge in [0.15, 0.2) is 0 Å². The highest BCUT2D eigenvalue weighted by molar-refractivity contribution is 7.98. The topological polar surface area (TPSA) is 61.8 Å². The summed E-state index contributed by atoms with van der Waals surface area (Å²) in [5.74, 6) is 1.02. The molecule has 0 amide bonds. The van der Waals surface area contributed by atoms with Crippen LogP contribution in [0.25, 0.3) is 0 Å². The summed E-state index contributed by atoms with van der Waals surface area (Å²) in [7, 11) is 0. The molecule has 0 spiro atoms. The third-order valence-corrected chi connectivity index (χ3v) is 2.40. The van der Waals surface area contributed by atoms with Gasteiger partial charge in [-0.15, -0.1) is 0 Å². The minimum Gasteiger partial charge on any atom is -0.399 e. The molecule has 1 aromatic rings. The van der Waals surface area contributed by atoms with Crippen molar-refractivity contribution in [3.8, 4) is 6.07 Å². The van der Waals surface area contributed by atoms with Crippen molar-refractivity contribution in [2.45, 2.75) is 0 Å². The molecule has 74 valence electrons. The average Bonchev–Trinajstić information content (AvgIpc) is 2.20. The molecule has 4 heteroatoms. The van der Waals surface area contributed by atoms with Crippen LogP contribution in [0, 0.1) is 11.3 Å². The van der Waals surface area contributed by atoms with Crippen molar-refractivity contribution in [2.24, 2.45) is 0 Å². The minimum absolute atomic E-state index is 0.603. The SMILES string of the molecule is CSCCNc1ccc(N)cc1C#N. The number of thioether (sulfide) groups is 1. The van der Waals surface area contributed by atoms with Crippen molar-refractivity contribution in [1.29, 1.82) is 5.26 Å². The molecule has 0 heterocycles. The lowest BCUT2D eigenvalue weighted by Gasteiger charge is -2.07. The molecular weight excluding hydrogens is 194 g/mol. The van der Waals surface area contributed by atoms with E-state index in [0.717, 1.165) is 18.0 Å². The quantitative estimate of drug-likeness (QED) is 0.585. The largest absolute Gasteiger partial charge is 0.399 e. The van der Waals surface area contributed by atoms with Crippen molar-refractivity contribution < 1.29 is 0 Å². The van der Waals surface area contributed by atoms with Gasteiger partial charge in [-0.05, 0) is 24.5 Å². The Morgan fingerprint density at radius 2 is 2.36 bits per heavy atom. The molecule has 0 atom stereocenters. The van der Waals surface area contributed by atoms with E-state index in [9.17, 15) is 0 Å². The van der Waals surface area contributed by atoms with E-state index in [4.69, 9.17) is 11.0 Å². The minimum atomic E-state index is 0.603. The molecule has 14 heavy (non-hydrogen) atoms. The van der Waals surface area contributed by atoms with E-state index in [2.05, 4.69) is 17.6 Å². The van der Waals surface area contributed by atoms with Gasteiger partial charge in [-0.1, -0.05) is 0 Å². The molecule has 0 unspecified atom stereocenters. The van der Waals surface area contributed by atoms with E-state index in [1.54, 1.807) is 23.9 Å². The number of rotatable bonds is 4. The third-order valence-electron chi connectivity index (χ3n) is 1.79. The first kappa shape index (κ1) is 10.7. The molecule has 3 nitrogen and oxygen atoms in total. The fourth-order valence-corrected chi connectivity index (χ4v) is 1.40. The van der Waals surface area contributed by atoms with Crippen molar-refractivity contribution >= 4 is 23.1 Å². The fourth-order valence-electron chi connectivity index (χ4n) is 1.10. The smallest absolute Gasteiger partial charge is 0.101 e. The predicted molar refractivity (Wildman–Crippen MR) is 62.4 cm³/mol. The monoisotopic (exact) mass is 207 g/mol. The summed E-state index contributed by atoms with van der Waals surface area (Å²) in [5, 5.41) is 12.0. The normalized spacial score (nSPS) is 9.43. The van der Waals surface area contributed by atoms with Crippen LogP contribution in [-0.4, -0.2) is 18.6 Å². The molecule has 3 N–H and O–H groups in total. The van der Waals surface area contributed by atoms with Crippen molar-refractivity contribution in [2.75, 3.05) is 29.6 Å². The van der Waals surface area contributed by atoms with Gasteiger partial charge < -0.3 is 11.1 Å². The predicted octanol–water partition coefficient (Wildman–Crippen LogP) is 1.92. The number of hydrogen-bond acceptors (Lipinski definition) is 4. The number of nitrogen functional groups attached to an aromatic ring is 1. The van der Waals surface area contributed by atoms with Crippen LogP contribution >= 0.6 is 11.8 Å². The average molecular weight is 207 g/mol. The first-order valence-corrected chi connectivity index (χ1v) is 5.69. The summed E-state index contributed by atoms with van der Waals surface area (Å²) < 4.78 is 0. The van der Waals surface area contributed by atoms with Gasteiger partial charge in [-0.2, -0.15) is 17.0 Å². The maximum absolute atomic E-state index is 8.85. The molecule has 1 aromatic carbocycles. The zero-order valence-corrected chi connectivity index (χ0v) is 8.90. The highest BCUT2D eigenvalue weighted by Gasteiger charge is 2.00. The van der Waals surface area contributed by atoms with Crippen molar-refractivity contribution in [1.82, 2.24) is 0 Å². The van der Waals surface area contributed by atoms with E-state index >= 15 is 0 Å². The van der Waals surface area contributed by atoms with Crippen LogP contribution in [0.4, 0.5) is 11.4 Å². The molecule has 0 fully saturated rings. The molecule has 0 aliphatic rings. The summed E-state index contributed by atoms with van der Waals surface area (Å²) in [6.07, 6.45) is 2.05. The lowest BCUT2D eigenvalue weighted by molar-refractivity contribution is 1.22. The first-order valence-electron chi connectivity index (χ1n) is 4.30. The second-order valence-corrected chi connectivity index (χ2v) is 3.82. The number of nitrogens with zero attached hydrogens (tertiary/aromatic N) is 1. The van der Waals surface area contributed by atoms with Gasteiger partial charge in [0.1, 0.15) is 6.07 Å². The number of anilines is 2. The van der Waals surface area contributed by atoms with E-state index in [0.29, 0.717) is 11.3 Å². The maximum Gasteiger partial charge on any atom is 0.101 e. The summed E-state index contributed by atoms with van der Waals surface area (Å²) in [4.78, 5) is 0. The molecule has 0 aliphatic heterocycles. The Labute approximate surface area is 88.3 Å². The number of nitriles is 1. The van der Waals surface area contributed by atoms with Crippen LogP contribution in [0.1, 0.15) is 5.56 Å². The van der Waals surface area contributed by atoms with Gasteiger partial charge in [0.25, 0.3) is 0 Å². The number of nitrogens with two attached hydrogens (primary N) is 1. The van der Waals surface area contributed by atoms with Crippen LogP contribution in [-0.2, 0) is 0 Å². The van der Waals surface area contributed by atoms with Gasteiger partial charge in [-0.3, -0.25) is 0 Å². The summed E-state index contributed by atoms with van der Waals surface area (Å²) in [5.41, 5.74) is 7.66. The van der Waals surface area contributed by atoms with Gasteiger partial charge in [0, 0.05) is 18.0 Å². The van der Waals surface area contributed by atoms with Gasteiger partial charge in [0.2, 0.25) is 0 Å². The Bertz CT molecular complexity index is 344. The second kappa shape index (κ2) is 5.40. The van der Waals surface area contributed by atoms with Crippen LogP contribution < -0.4 is 11.1 Å². The van der Waals surface area contributed by atoms with E-state index in [-0.39, 0.29) is 0 Å². The Morgan fingerprint density at radius 1 is 1.57 bits per heavy atom. The molecule has 0 aliphatic carbocycles. The summed E-state index contributed by atoms with van der Waals surface area (Å²) >= 11 is 1.77. The maximum atomic E-state index is 8.85. The van der Waals surface area contributed by atoms with Crippen LogP contribution in [0.5, 0.6) is 0 Å². The van der Waals surface area contributed by atoms with Gasteiger partial charge >= 0.3 is 0 Å². The molecule has 1 rings (SSSR count). The Hall–Kier alpha value is -1.34. The summed E-state index contributed by atoms with van der Waals surface area (Å²) in [6.45, 7) is 0.861. The third kappa shape index (κ3) is 2.86. The lowest BCUT2D eigenvalue weighted by atomic mass is 10.2. The molecule has 0 radical (unpaired) electrons. The van der Waals surface area contributed by atoms with Crippen molar-refractivity contribution in [3.63, 3.8) is 0 Å². The highest BCUT2D eigenvalue weighted by atomic mass is 32.2. The zero-order chi connectivity index (χ0) is 10.4. The number of benzene rings is 1. The second-order valence-electron chi connectivity index (χ2n) is 2.84. The number of hydrogen-bond donors (Lipinski definition) is 2. The van der Waals surface area contributed by atoms with Crippen LogP contribution in [0.15, 0.2) is 18.2 Å². The molecular formula is C10H13N3S. The number of nitrogens with one attached hydrogen (secondary N) is 1. The van der Waals surface area contributed by atoms with Gasteiger partial charge in [0.05, 0.1) is 11.3 Å². The Morgan fingerprint density at radius 3 is 3.00 bits per heavy atom. The Kier molecular flexibility index (Phi) is 4.14. The van der Waals surface area contributed by atoms with E-state index < -0.39 is 0 Å². The van der Waals surface area contributed by atoms with Crippen LogP contribution in [0.2, 0.25) is 0 Å². The van der Waals surface area contributed by atoms with Crippen LogP contribution in [0.3, 0.4) is 0 Å². The van der Waals surface area contributed by atoms with E-state index in [1.165, 1.54) is 0 Å². The highest BCUT2D eigenvalue weighted by Crippen LogP contribution is 2.17. The zero-order valence-electron chi connectivity index (χ0n) is 8.08. The fraction of sp³-hybridized carbons (Fsp3) is 0.300. The molecule has 0 saturated carbocycles.